The SMILES string of the molecule is C[C@]1(C(=O)N2CCCSc3ccccc32)CC1(Cl)Cl. The highest BCUT2D eigenvalue weighted by molar-refractivity contribution is 7.99. The molecule has 1 aromatic rings. The van der Waals surface area contributed by atoms with Gasteiger partial charge in [0.25, 0.3) is 0 Å². The molecule has 2 aliphatic rings. The molecular formula is C14H15Cl2NOS. The van der Waals surface area contributed by atoms with E-state index < -0.39 is 9.75 Å². The average molecular weight is 316 g/mol. The number of rotatable bonds is 1. The minimum absolute atomic E-state index is 0.0486. The summed E-state index contributed by atoms with van der Waals surface area (Å²) in [4.78, 5) is 15.8. The van der Waals surface area contributed by atoms with Crippen molar-refractivity contribution < 1.29 is 4.79 Å². The molecule has 0 N–H and O–H groups in total. The Kier molecular flexibility index (Phi) is 3.27. The normalized spacial score (nSPS) is 28.5. The molecule has 3 rings (SSSR count). The van der Waals surface area contributed by atoms with Crippen LogP contribution in [0.4, 0.5) is 5.69 Å². The van der Waals surface area contributed by atoms with E-state index in [1.54, 1.807) is 11.8 Å². The van der Waals surface area contributed by atoms with Gasteiger partial charge >= 0.3 is 0 Å². The molecule has 1 fully saturated rings. The Morgan fingerprint density at radius 1 is 1.37 bits per heavy atom. The molecule has 1 aromatic carbocycles. The molecule has 1 amide bonds. The van der Waals surface area contributed by atoms with Crippen molar-refractivity contribution in [3.63, 3.8) is 0 Å². The summed E-state index contributed by atoms with van der Waals surface area (Å²) in [6.07, 6.45) is 1.52. The highest BCUT2D eigenvalue weighted by Gasteiger charge is 2.68. The van der Waals surface area contributed by atoms with Crippen LogP contribution in [0.1, 0.15) is 19.8 Å². The summed E-state index contributed by atoms with van der Waals surface area (Å²) in [5.74, 6) is 1.08. The summed E-state index contributed by atoms with van der Waals surface area (Å²) >= 11 is 14.1. The Hall–Kier alpha value is -0.380. The monoisotopic (exact) mass is 315 g/mol. The van der Waals surface area contributed by atoms with E-state index in [0.29, 0.717) is 6.42 Å². The summed E-state index contributed by atoms with van der Waals surface area (Å²) in [5, 5.41) is 0. The molecule has 0 unspecified atom stereocenters. The second kappa shape index (κ2) is 4.57. The predicted octanol–water partition coefficient (Wildman–Crippen LogP) is 4.10. The number of carbonyl (C=O) groups excluding carboxylic acids is 1. The number of nitrogens with zero attached hydrogens (tertiary/aromatic N) is 1. The minimum atomic E-state index is -0.904. The lowest BCUT2D eigenvalue weighted by molar-refractivity contribution is -0.123. The van der Waals surface area contributed by atoms with Gasteiger partial charge in [-0.2, -0.15) is 0 Å². The molecular weight excluding hydrogens is 301 g/mol. The van der Waals surface area contributed by atoms with Gasteiger partial charge in [0, 0.05) is 11.4 Å². The molecule has 1 atom stereocenters. The predicted molar refractivity (Wildman–Crippen MR) is 81.3 cm³/mol. The minimum Gasteiger partial charge on any atom is -0.311 e. The number of fused-ring (bicyclic) bond motifs is 1. The van der Waals surface area contributed by atoms with Crippen molar-refractivity contribution in [3.05, 3.63) is 24.3 Å². The fourth-order valence-electron chi connectivity index (χ4n) is 2.47. The number of carbonyl (C=O) groups is 1. The van der Waals surface area contributed by atoms with Crippen LogP contribution in [0.15, 0.2) is 29.2 Å². The molecule has 0 aromatic heterocycles. The maximum Gasteiger partial charge on any atom is 0.236 e. The standard InChI is InChI=1S/C14H15Cl2NOS/c1-13(9-14(13,15)16)12(18)17-7-4-8-19-11-6-3-2-5-10(11)17/h2-3,5-6H,4,7-9H2,1H3/t13-/m1/s1. The first kappa shape index (κ1) is 13.6. The summed E-state index contributed by atoms with van der Waals surface area (Å²) in [6, 6.07) is 8.04. The number of hydrogen-bond acceptors (Lipinski definition) is 2. The molecule has 0 spiro atoms. The fourth-order valence-corrected chi connectivity index (χ4v) is 4.16. The molecule has 1 aliphatic carbocycles. The van der Waals surface area contributed by atoms with Crippen LogP contribution >= 0.6 is 35.0 Å². The molecule has 1 saturated carbocycles. The van der Waals surface area contributed by atoms with Crippen LogP contribution in [0.2, 0.25) is 0 Å². The van der Waals surface area contributed by atoms with Crippen LogP contribution in [0, 0.1) is 5.41 Å². The van der Waals surface area contributed by atoms with Crippen molar-refractivity contribution >= 4 is 46.6 Å². The Labute approximate surface area is 127 Å². The van der Waals surface area contributed by atoms with Crippen molar-refractivity contribution in [2.75, 3.05) is 17.2 Å². The number of alkyl halides is 2. The van der Waals surface area contributed by atoms with Gasteiger partial charge in [-0.1, -0.05) is 12.1 Å². The summed E-state index contributed by atoms with van der Waals surface area (Å²) in [7, 11) is 0. The lowest BCUT2D eigenvalue weighted by atomic mass is 10.1. The van der Waals surface area contributed by atoms with Gasteiger partial charge in [-0.05, 0) is 37.7 Å². The Balaban J connectivity index is 1.95. The van der Waals surface area contributed by atoms with Crippen molar-refractivity contribution in [2.24, 2.45) is 5.41 Å². The fraction of sp³-hybridized carbons (Fsp3) is 0.500. The maximum absolute atomic E-state index is 12.8. The lowest BCUT2D eigenvalue weighted by Crippen LogP contribution is -2.39. The van der Waals surface area contributed by atoms with Crippen molar-refractivity contribution in [1.82, 2.24) is 0 Å². The highest BCUT2D eigenvalue weighted by atomic mass is 35.5. The third-order valence-electron chi connectivity index (χ3n) is 3.91. The van der Waals surface area contributed by atoms with Crippen molar-refractivity contribution in [3.8, 4) is 0 Å². The van der Waals surface area contributed by atoms with E-state index in [9.17, 15) is 4.79 Å². The summed E-state index contributed by atoms with van der Waals surface area (Å²) < 4.78 is -0.904. The smallest absolute Gasteiger partial charge is 0.236 e. The van der Waals surface area contributed by atoms with Crippen LogP contribution in [0.3, 0.4) is 0 Å². The Morgan fingerprint density at radius 2 is 2.05 bits per heavy atom. The van der Waals surface area contributed by atoms with Crippen LogP contribution < -0.4 is 4.90 Å². The number of halogens is 2. The zero-order chi connectivity index (χ0) is 13.7. The molecule has 2 nitrogen and oxygen atoms in total. The lowest BCUT2D eigenvalue weighted by Gasteiger charge is -2.26. The molecule has 0 saturated heterocycles. The third-order valence-corrected chi connectivity index (χ3v) is 6.17. The van der Waals surface area contributed by atoms with Crippen LogP contribution in [0.5, 0.6) is 0 Å². The second-order valence-electron chi connectivity index (χ2n) is 5.34. The zero-order valence-electron chi connectivity index (χ0n) is 10.7. The van der Waals surface area contributed by atoms with Gasteiger partial charge in [0.2, 0.25) is 5.91 Å². The molecule has 1 heterocycles. The molecule has 5 heteroatoms. The van der Waals surface area contributed by atoms with Gasteiger partial charge in [-0.15, -0.1) is 35.0 Å². The van der Waals surface area contributed by atoms with Gasteiger partial charge in [0.15, 0.2) is 0 Å². The summed E-state index contributed by atoms with van der Waals surface area (Å²) in [5.41, 5.74) is 0.352. The zero-order valence-corrected chi connectivity index (χ0v) is 13.0. The molecule has 102 valence electrons. The van der Waals surface area contributed by atoms with E-state index >= 15 is 0 Å². The number of thioether (sulfide) groups is 1. The first-order chi connectivity index (χ1) is 8.96. The Bertz CT molecular complexity index is 534. The highest BCUT2D eigenvalue weighted by Crippen LogP contribution is 2.64. The second-order valence-corrected chi connectivity index (χ2v) is 7.96. The van der Waals surface area contributed by atoms with Gasteiger partial charge in [0.1, 0.15) is 4.33 Å². The number of amides is 1. The van der Waals surface area contributed by atoms with Crippen molar-refractivity contribution in [1.29, 1.82) is 0 Å². The van der Waals surface area contributed by atoms with Crippen molar-refractivity contribution in [2.45, 2.75) is 29.0 Å². The van der Waals surface area contributed by atoms with E-state index in [-0.39, 0.29) is 5.91 Å². The van der Waals surface area contributed by atoms with E-state index in [1.165, 1.54) is 0 Å². The number of anilines is 1. The first-order valence-electron chi connectivity index (χ1n) is 6.37. The number of hydrogen-bond donors (Lipinski definition) is 0. The quantitative estimate of drug-likeness (QED) is 0.727. The maximum atomic E-state index is 12.8. The van der Waals surface area contributed by atoms with Gasteiger partial charge < -0.3 is 4.90 Å². The topological polar surface area (TPSA) is 20.3 Å². The van der Waals surface area contributed by atoms with Gasteiger partial charge in [-0.3, -0.25) is 4.79 Å². The van der Waals surface area contributed by atoms with E-state index in [0.717, 1.165) is 29.3 Å². The van der Waals surface area contributed by atoms with Gasteiger partial charge in [0.05, 0.1) is 11.1 Å². The average Bonchev–Trinajstić information content (AvgIpc) is 2.98. The molecule has 0 bridgehead atoms. The molecule has 19 heavy (non-hydrogen) atoms. The first-order valence-corrected chi connectivity index (χ1v) is 8.11. The number of para-hydroxylation sites is 1. The van der Waals surface area contributed by atoms with E-state index in [4.69, 9.17) is 23.2 Å². The molecule has 1 aliphatic heterocycles. The Morgan fingerprint density at radius 3 is 2.74 bits per heavy atom. The van der Waals surface area contributed by atoms with E-state index in [1.807, 2.05) is 30.0 Å². The largest absolute Gasteiger partial charge is 0.311 e. The van der Waals surface area contributed by atoms with Crippen LogP contribution in [-0.4, -0.2) is 22.5 Å². The summed E-state index contributed by atoms with van der Waals surface area (Å²) in [6.45, 7) is 2.60. The number of benzene rings is 1. The van der Waals surface area contributed by atoms with Gasteiger partial charge in [-0.25, -0.2) is 0 Å². The van der Waals surface area contributed by atoms with E-state index in [2.05, 4.69) is 6.07 Å². The van der Waals surface area contributed by atoms with Crippen LogP contribution in [0.25, 0.3) is 0 Å². The molecule has 0 radical (unpaired) electrons. The third kappa shape index (κ3) is 2.16. The van der Waals surface area contributed by atoms with Crippen LogP contribution in [-0.2, 0) is 4.79 Å².